The number of aromatic nitrogens is 3. The Morgan fingerprint density at radius 2 is 2.32 bits per heavy atom. The third kappa shape index (κ3) is 4.48. The van der Waals surface area contributed by atoms with Crippen LogP contribution in [-0.2, 0) is 17.9 Å². The molecule has 3 heterocycles. The fourth-order valence-electron chi connectivity index (χ4n) is 3.48. The monoisotopic (exact) mass is 345 g/mol. The molecule has 1 fully saturated rings. The zero-order chi connectivity index (χ0) is 17.8. The van der Waals surface area contributed by atoms with Crippen LogP contribution in [0, 0.1) is 19.8 Å². The second kappa shape index (κ2) is 7.82. The van der Waals surface area contributed by atoms with Gasteiger partial charge in [0.1, 0.15) is 17.4 Å². The maximum atomic E-state index is 12.4. The number of rotatable bonds is 6. The van der Waals surface area contributed by atoms with Gasteiger partial charge in [0, 0.05) is 13.1 Å². The maximum absolute atomic E-state index is 12.4. The van der Waals surface area contributed by atoms with E-state index in [1.165, 1.54) is 0 Å². The van der Waals surface area contributed by atoms with Crippen molar-refractivity contribution in [3.05, 3.63) is 35.8 Å². The summed E-state index contributed by atoms with van der Waals surface area (Å²) in [4.78, 5) is 19.1. The number of hydrogen-bond acceptors (Lipinski definition) is 5. The number of hydrogen-bond donors (Lipinski definition) is 1. The Bertz CT molecular complexity index is 694. The topological polar surface area (TPSA) is 76.2 Å². The number of aryl methyl sites for hydroxylation is 2. The minimum atomic E-state index is -0.142. The molecular weight excluding hydrogens is 318 g/mol. The summed E-state index contributed by atoms with van der Waals surface area (Å²) >= 11 is 0. The van der Waals surface area contributed by atoms with E-state index in [0.717, 1.165) is 49.9 Å². The molecule has 2 aromatic heterocycles. The third-order valence-corrected chi connectivity index (χ3v) is 4.89. The molecule has 2 atom stereocenters. The van der Waals surface area contributed by atoms with Crippen LogP contribution in [0.3, 0.4) is 0 Å². The summed E-state index contributed by atoms with van der Waals surface area (Å²) in [6, 6.07) is 3.55. The van der Waals surface area contributed by atoms with Crippen LogP contribution in [0.15, 0.2) is 22.8 Å². The maximum Gasteiger partial charge on any atom is 0.237 e. The van der Waals surface area contributed by atoms with Crippen molar-refractivity contribution in [2.75, 3.05) is 13.1 Å². The number of nitrogens with zero attached hydrogens (tertiary/aromatic N) is 4. The van der Waals surface area contributed by atoms with Gasteiger partial charge >= 0.3 is 0 Å². The largest absolute Gasteiger partial charge is 0.467 e. The molecule has 1 aliphatic rings. The summed E-state index contributed by atoms with van der Waals surface area (Å²) in [6.45, 7) is 9.06. The molecule has 0 bridgehead atoms. The molecule has 25 heavy (non-hydrogen) atoms. The van der Waals surface area contributed by atoms with E-state index < -0.39 is 0 Å². The Hall–Kier alpha value is -2.15. The van der Waals surface area contributed by atoms with Gasteiger partial charge in [-0.15, -0.1) is 0 Å². The van der Waals surface area contributed by atoms with Crippen molar-refractivity contribution in [2.45, 2.75) is 52.7 Å². The van der Waals surface area contributed by atoms with Crippen LogP contribution in [-0.4, -0.2) is 44.7 Å². The van der Waals surface area contributed by atoms with Gasteiger partial charge in [-0.1, -0.05) is 0 Å². The van der Waals surface area contributed by atoms with E-state index in [2.05, 4.69) is 20.3 Å². The fourth-order valence-corrected chi connectivity index (χ4v) is 3.48. The second-order valence-corrected chi connectivity index (χ2v) is 6.86. The second-order valence-electron chi connectivity index (χ2n) is 6.86. The lowest BCUT2D eigenvalue weighted by Crippen LogP contribution is -2.49. The molecule has 0 aromatic carbocycles. The van der Waals surface area contributed by atoms with Gasteiger partial charge in [0.25, 0.3) is 0 Å². The van der Waals surface area contributed by atoms with Gasteiger partial charge in [-0.3, -0.25) is 9.69 Å². The summed E-state index contributed by atoms with van der Waals surface area (Å²) in [5.41, 5.74) is 0. The van der Waals surface area contributed by atoms with Gasteiger partial charge in [0.2, 0.25) is 5.91 Å². The highest BCUT2D eigenvalue weighted by Gasteiger charge is 2.28. The summed E-state index contributed by atoms with van der Waals surface area (Å²) < 4.78 is 7.25. The molecule has 7 nitrogen and oxygen atoms in total. The number of nitrogens with one attached hydrogen (secondary N) is 1. The number of furan rings is 1. The number of carbonyl (C=O) groups is 1. The Labute approximate surface area is 148 Å². The van der Waals surface area contributed by atoms with E-state index in [1.807, 2.05) is 37.6 Å². The third-order valence-electron chi connectivity index (χ3n) is 4.89. The first-order valence-corrected chi connectivity index (χ1v) is 8.95. The first-order valence-electron chi connectivity index (χ1n) is 8.95. The van der Waals surface area contributed by atoms with Crippen molar-refractivity contribution < 1.29 is 9.21 Å². The molecule has 0 saturated carbocycles. The highest BCUT2D eigenvalue weighted by molar-refractivity contribution is 5.81. The SMILES string of the molecule is Cc1nc(C)n(C[C@H]2CCCN([C@H](C)C(=O)NCc3ccco3)C2)n1. The fraction of sp³-hybridized carbons (Fsp3) is 0.611. The van der Waals surface area contributed by atoms with Crippen LogP contribution < -0.4 is 5.32 Å². The summed E-state index contributed by atoms with van der Waals surface area (Å²) in [7, 11) is 0. The van der Waals surface area contributed by atoms with E-state index in [4.69, 9.17) is 4.42 Å². The first kappa shape index (κ1) is 17.7. The number of likely N-dealkylation sites (tertiary alicyclic amines) is 1. The molecule has 136 valence electrons. The Kier molecular flexibility index (Phi) is 5.53. The predicted octanol–water partition coefficient (Wildman–Crippen LogP) is 1.90. The summed E-state index contributed by atoms with van der Waals surface area (Å²) in [5.74, 6) is 3.09. The molecule has 1 aliphatic heterocycles. The molecule has 0 unspecified atom stereocenters. The molecule has 0 radical (unpaired) electrons. The van der Waals surface area contributed by atoms with E-state index in [9.17, 15) is 4.79 Å². The standard InChI is InChI=1S/C18H27N5O2/c1-13(18(24)19-10-17-7-5-9-25-17)22-8-4-6-16(11-22)12-23-15(3)20-14(2)21-23/h5,7,9,13,16H,4,6,8,10-12H2,1-3H3,(H,19,24)/t13-,16+/m1/s1. The van der Waals surface area contributed by atoms with Crippen LogP contribution in [0.5, 0.6) is 0 Å². The predicted molar refractivity (Wildman–Crippen MR) is 93.8 cm³/mol. The average Bonchev–Trinajstić information content (AvgIpc) is 3.22. The van der Waals surface area contributed by atoms with E-state index in [1.54, 1.807) is 6.26 Å². The van der Waals surface area contributed by atoms with Gasteiger partial charge in [0.15, 0.2) is 0 Å². The van der Waals surface area contributed by atoms with Crippen LogP contribution >= 0.6 is 0 Å². The van der Waals surface area contributed by atoms with Crippen molar-refractivity contribution in [1.82, 2.24) is 25.0 Å². The van der Waals surface area contributed by atoms with Crippen molar-refractivity contribution in [3.8, 4) is 0 Å². The van der Waals surface area contributed by atoms with Crippen LogP contribution in [0.4, 0.5) is 0 Å². The average molecular weight is 345 g/mol. The smallest absolute Gasteiger partial charge is 0.237 e. The van der Waals surface area contributed by atoms with Gasteiger partial charge in [-0.05, 0) is 58.2 Å². The lowest BCUT2D eigenvalue weighted by molar-refractivity contribution is -0.126. The molecule has 0 spiro atoms. The van der Waals surface area contributed by atoms with Crippen LogP contribution in [0.1, 0.15) is 37.2 Å². The summed E-state index contributed by atoms with van der Waals surface area (Å²) in [5, 5.41) is 7.42. The van der Waals surface area contributed by atoms with E-state index in [0.29, 0.717) is 12.5 Å². The minimum Gasteiger partial charge on any atom is -0.467 e. The molecular formula is C18H27N5O2. The van der Waals surface area contributed by atoms with Gasteiger partial charge in [-0.2, -0.15) is 5.10 Å². The van der Waals surface area contributed by atoms with Crippen molar-refractivity contribution in [1.29, 1.82) is 0 Å². The highest BCUT2D eigenvalue weighted by Crippen LogP contribution is 2.20. The normalized spacial score (nSPS) is 19.7. The lowest BCUT2D eigenvalue weighted by atomic mass is 9.96. The van der Waals surface area contributed by atoms with Gasteiger partial charge < -0.3 is 9.73 Å². The van der Waals surface area contributed by atoms with Crippen molar-refractivity contribution >= 4 is 5.91 Å². The molecule has 3 rings (SSSR count). The molecule has 0 aliphatic carbocycles. The van der Waals surface area contributed by atoms with Gasteiger partial charge in [-0.25, -0.2) is 9.67 Å². The Morgan fingerprint density at radius 1 is 1.48 bits per heavy atom. The van der Waals surface area contributed by atoms with Crippen molar-refractivity contribution in [2.24, 2.45) is 5.92 Å². The van der Waals surface area contributed by atoms with Crippen LogP contribution in [0.25, 0.3) is 0 Å². The van der Waals surface area contributed by atoms with Crippen molar-refractivity contribution in [3.63, 3.8) is 0 Å². The molecule has 2 aromatic rings. The quantitative estimate of drug-likeness (QED) is 0.865. The molecule has 1 saturated heterocycles. The molecule has 1 amide bonds. The van der Waals surface area contributed by atoms with E-state index in [-0.39, 0.29) is 11.9 Å². The minimum absolute atomic E-state index is 0.0461. The Balaban J connectivity index is 1.53. The first-order chi connectivity index (χ1) is 12.0. The van der Waals surface area contributed by atoms with Crippen LogP contribution in [0.2, 0.25) is 0 Å². The highest BCUT2D eigenvalue weighted by atomic mass is 16.3. The molecule has 7 heteroatoms. The number of amides is 1. The summed E-state index contributed by atoms with van der Waals surface area (Å²) in [6.07, 6.45) is 3.89. The number of piperidine rings is 1. The zero-order valence-electron chi connectivity index (χ0n) is 15.2. The Morgan fingerprint density at radius 3 is 3.00 bits per heavy atom. The number of carbonyl (C=O) groups excluding carboxylic acids is 1. The zero-order valence-corrected chi connectivity index (χ0v) is 15.2. The molecule has 1 N–H and O–H groups in total. The lowest BCUT2D eigenvalue weighted by Gasteiger charge is -2.36. The van der Waals surface area contributed by atoms with E-state index >= 15 is 0 Å². The van der Waals surface area contributed by atoms with Gasteiger partial charge in [0.05, 0.1) is 18.8 Å².